The fourth-order valence-electron chi connectivity index (χ4n) is 2.55. The SMILES string of the molecule is CCc1cccc(CC)c1NC(=O)C(=O)N/N=C\c1ccc([O-])c([N+](=O)[O-])c1. The number of nitrogens with zero attached hydrogens (tertiary/aromatic N) is 2. The van der Waals surface area contributed by atoms with Gasteiger partial charge in [0.1, 0.15) is 0 Å². The number of aryl methyl sites for hydroxylation is 2. The highest BCUT2D eigenvalue weighted by atomic mass is 16.6. The maximum atomic E-state index is 12.2. The zero-order chi connectivity index (χ0) is 20.7. The van der Waals surface area contributed by atoms with Crippen LogP contribution in [0.1, 0.15) is 30.5 Å². The van der Waals surface area contributed by atoms with Crippen LogP contribution >= 0.6 is 0 Å². The molecule has 0 unspecified atom stereocenters. The highest BCUT2D eigenvalue weighted by molar-refractivity contribution is 6.39. The lowest BCUT2D eigenvalue weighted by Crippen LogP contribution is -2.33. The van der Waals surface area contributed by atoms with Crippen molar-refractivity contribution in [1.82, 2.24) is 5.43 Å². The zero-order valence-corrected chi connectivity index (χ0v) is 15.4. The van der Waals surface area contributed by atoms with Gasteiger partial charge in [0, 0.05) is 17.3 Å². The average Bonchev–Trinajstić information content (AvgIpc) is 2.68. The molecule has 0 spiro atoms. The molecule has 2 N–H and O–H groups in total. The Morgan fingerprint density at radius 3 is 2.32 bits per heavy atom. The highest BCUT2D eigenvalue weighted by Gasteiger charge is 2.16. The first-order valence-electron chi connectivity index (χ1n) is 8.57. The smallest absolute Gasteiger partial charge is 0.329 e. The third-order valence-corrected chi connectivity index (χ3v) is 4.00. The van der Waals surface area contributed by atoms with Crippen LogP contribution in [0.15, 0.2) is 41.5 Å². The molecule has 0 aliphatic heterocycles. The van der Waals surface area contributed by atoms with Crippen LogP contribution in [0.5, 0.6) is 5.75 Å². The first kappa shape index (κ1) is 20.6. The van der Waals surface area contributed by atoms with Gasteiger partial charge in [-0.15, -0.1) is 0 Å². The summed E-state index contributed by atoms with van der Waals surface area (Å²) in [4.78, 5) is 34.1. The van der Waals surface area contributed by atoms with E-state index < -0.39 is 28.2 Å². The predicted octanol–water partition coefficient (Wildman–Crippen LogP) is 1.88. The van der Waals surface area contributed by atoms with Gasteiger partial charge < -0.3 is 10.4 Å². The van der Waals surface area contributed by atoms with Gasteiger partial charge in [0.15, 0.2) is 0 Å². The normalized spacial score (nSPS) is 10.6. The quantitative estimate of drug-likeness (QED) is 0.340. The first-order valence-corrected chi connectivity index (χ1v) is 8.57. The van der Waals surface area contributed by atoms with Gasteiger partial charge in [-0.25, -0.2) is 5.43 Å². The number of para-hydroxylation sites is 1. The molecule has 2 rings (SSSR count). The van der Waals surface area contributed by atoms with E-state index in [-0.39, 0.29) is 5.56 Å². The summed E-state index contributed by atoms with van der Waals surface area (Å²) in [5.41, 5.74) is 4.12. The van der Waals surface area contributed by atoms with Crippen molar-refractivity contribution < 1.29 is 19.6 Å². The van der Waals surface area contributed by atoms with Crippen LogP contribution in [0.25, 0.3) is 0 Å². The van der Waals surface area contributed by atoms with E-state index >= 15 is 0 Å². The van der Waals surface area contributed by atoms with Crippen molar-refractivity contribution >= 4 is 29.4 Å². The van der Waals surface area contributed by atoms with E-state index in [4.69, 9.17) is 0 Å². The number of nitro benzene ring substituents is 1. The molecule has 0 saturated heterocycles. The van der Waals surface area contributed by atoms with Crippen LogP contribution in [0.2, 0.25) is 0 Å². The van der Waals surface area contributed by atoms with Crippen molar-refractivity contribution in [3.05, 3.63) is 63.2 Å². The number of nitro groups is 1. The molecule has 2 amide bonds. The molecule has 2 aromatic rings. The summed E-state index contributed by atoms with van der Waals surface area (Å²) in [6.07, 6.45) is 2.49. The van der Waals surface area contributed by atoms with Crippen molar-refractivity contribution in [3.63, 3.8) is 0 Å². The van der Waals surface area contributed by atoms with Gasteiger partial charge in [0.2, 0.25) is 0 Å². The Hall–Kier alpha value is -3.75. The standard InChI is InChI=1S/C19H20N4O5/c1-3-13-6-5-7-14(4-2)17(13)21-18(25)19(26)22-20-11-12-8-9-16(24)15(10-12)23(27)28/h5-11,24H,3-4H2,1-2H3,(H,21,25)(H,22,26)/p-1/b20-11-. The van der Waals surface area contributed by atoms with E-state index in [9.17, 15) is 24.8 Å². The number of carbonyl (C=O) groups is 2. The zero-order valence-electron chi connectivity index (χ0n) is 15.4. The van der Waals surface area contributed by atoms with Gasteiger partial charge in [0.05, 0.1) is 11.1 Å². The minimum absolute atomic E-state index is 0.233. The first-order chi connectivity index (χ1) is 13.4. The molecule has 0 fully saturated rings. The highest BCUT2D eigenvalue weighted by Crippen LogP contribution is 2.23. The Labute approximate surface area is 161 Å². The van der Waals surface area contributed by atoms with Crippen LogP contribution in [0.3, 0.4) is 0 Å². The Morgan fingerprint density at radius 1 is 1.11 bits per heavy atom. The number of hydrogen-bond donors (Lipinski definition) is 2. The van der Waals surface area contributed by atoms with Gasteiger partial charge in [0.25, 0.3) is 5.69 Å². The summed E-state index contributed by atoms with van der Waals surface area (Å²) in [6, 6.07) is 9.01. The number of hydrazone groups is 1. The largest absolute Gasteiger partial charge is 0.868 e. The Kier molecular flexibility index (Phi) is 6.80. The summed E-state index contributed by atoms with van der Waals surface area (Å²) in [5, 5.41) is 28.3. The third kappa shape index (κ3) is 4.91. The number of anilines is 1. The van der Waals surface area contributed by atoms with Crippen molar-refractivity contribution in [2.75, 3.05) is 5.32 Å². The Bertz CT molecular complexity index is 918. The number of rotatable bonds is 6. The van der Waals surface area contributed by atoms with Crippen LogP contribution in [-0.4, -0.2) is 23.0 Å². The minimum atomic E-state index is -0.987. The second-order valence-electron chi connectivity index (χ2n) is 5.80. The maximum Gasteiger partial charge on any atom is 0.329 e. The van der Waals surface area contributed by atoms with Crippen LogP contribution in [0.4, 0.5) is 11.4 Å². The lowest BCUT2D eigenvalue weighted by Gasteiger charge is -2.13. The minimum Gasteiger partial charge on any atom is -0.868 e. The van der Waals surface area contributed by atoms with E-state index in [1.807, 2.05) is 32.0 Å². The molecule has 146 valence electrons. The van der Waals surface area contributed by atoms with E-state index in [1.165, 1.54) is 6.07 Å². The van der Waals surface area contributed by atoms with Crippen molar-refractivity contribution in [1.29, 1.82) is 0 Å². The molecule has 0 atom stereocenters. The lowest BCUT2D eigenvalue weighted by molar-refractivity contribution is -0.398. The monoisotopic (exact) mass is 383 g/mol. The second-order valence-corrected chi connectivity index (χ2v) is 5.80. The van der Waals surface area contributed by atoms with Gasteiger partial charge in [-0.1, -0.05) is 44.2 Å². The van der Waals surface area contributed by atoms with Gasteiger partial charge in [-0.05, 0) is 29.7 Å². The topological polar surface area (TPSA) is 137 Å². The number of carbonyl (C=O) groups excluding carboxylic acids is 2. The second kappa shape index (κ2) is 9.26. The number of nitrogens with one attached hydrogen (secondary N) is 2. The summed E-state index contributed by atoms with van der Waals surface area (Å²) in [7, 11) is 0. The fraction of sp³-hybridized carbons (Fsp3) is 0.211. The molecule has 0 aliphatic rings. The van der Waals surface area contributed by atoms with E-state index in [1.54, 1.807) is 0 Å². The van der Waals surface area contributed by atoms with Crippen molar-refractivity contribution in [2.45, 2.75) is 26.7 Å². The van der Waals surface area contributed by atoms with Gasteiger partial charge in [-0.3, -0.25) is 19.7 Å². The van der Waals surface area contributed by atoms with Crippen LogP contribution in [-0.2, 0) is 22.4 Å². The van der Waals surface area contributed by atoms with E-state index in [2.05, 4.69) is 15.8 Å². The Balaban J connectivity index is 2.06. The molecule has 2 aromatic carbocycles. The number of benzene rings is 2. The van der Waals surface area contributed by atoms with Gasteiger partial charge >= 0.3 is 11.8 Å². The lowest BCUT2D eigenvalue weighted by atomic mass is 10.0. The molecule has 0 radical (unpaired) electrons. The van der Waals surface area contributed by atoms with E-state index in [0.29, 0.717) is 18.5 Å². The van der Waals surface area contributed by atoms with Gasteiger partial charge in [-0.2, -0.15) is 5.10 Å². The molecule has 9 heteroatoms. The molecule has 0 aromatic heterocycles. The molecular weight excluding hydrogens is 364 g/mol. The number of hydrogen-bond acceptors (Lipinski definition) is 6. The summed E-state index contributed by atoms with van der Waals surface area (Å²) in [6.45, 7) is 3.89. The van der Waals surface area contributed by atoms with Crippen LogP contribution < -0.4 is 15.8 Å². The Morgan fingerprint density at radius 2 is 1.75 bits per heavy atom. The fourth-order valence-corrected chi connectivity index (χ4v) is 2.55. The average molecular weight is 383 g/mol. The van der Waals surface area contributed by atoms with E-state index in [0.717, 1.165) is 29.5 Å². The summed E-state index contributed by atoms with van der Waals surface area (Å²) >= 11 is 0. The van der Waals surface area contributed by atoms with Crippen LogP contribution in [0, 0.1) is 10.1 Å². The molecule has 9 nitrogen and oxygen atoms in total. The molecule has 28 heavy (non-hydrogen) atoms. The molecular formula is C19H19N4O5-. The summed E-state index contributed by atoms with van der Waals surface area (Å²) < 4.78 is 0. The molecule has 0 heterocycles. The third-order valence-electron chi connectivity index (χ3n) is 4.00. The maximum absolute atomic E-state index is 12.2. The number of amides is 2. The molecule has 0 bridgehead atoms. The van der Waals surface area contributed by atoms with Crippen molar-refractivity contribution in [3.8, 4) is 5.75 Å². The molecule has 0 aliphatic carbocycles. The summed E-state index contributed by atoms with van der Waals surface area (Å²) in [5.74, 6) is -2.60. The predicted molar refractivity (Wildman–Crippen MR) is 102 cm³/mol. The molecule has 0 saturated carbocycles. The van der Waals surface area contributed by atoms with Crippen molar-refractivity contribution in [2.24, 2.45) is 5.10 Å².